The van der Waals surface area contributed by atoms with Crippen molar-refractivity contribution >= 4 is 10.8 Å². The van der Waals surface area contributed by atoms with Gasteiger partial charge in [0.1, 0.15) is 5.82 Å². The Morgan fingerprint density at radius 2 is 1.35 bits per heavy atom. The van der Waals surface area contributed by atoms with Gasteiger partial charge in [0, 0.05) is 23.2 Å². The molecule has 0 aliphatic rings. The first-order valence-corrected chi connectivity index (χ1v) is 8.87. The van der Waals surface area contributed by atoms with Crippen LogP contribution in [-0.2, 0) is 16.6 Å². The highest BCUT2D eigenvalue weighted by atomic mass is 32.2. The summed E-state index contributed by atoms with van der Waals surface area (Å²) in [5, 5.41) is -0.178. The molecule has 0 saturated carbocycles. The summed E-state index contributed by atoms with van der Waals surface area (Å²) in [5.41, 5.74) is 3.09. The lowest BCUT2D eigenvalue weighted by molar-refractivity contribution is 0.676. The van der Waals surface area contributed by atoms with Gasteiger partial charge in [-0.25, -0.2) is 9.97 Å². The second-order valence-corrected chi connectivity index (χ2v) is 6.92. The molecule has 3 rings (SSSR count). The molecule has 1 heterocycles. The fraction of sp³-hybridized carbons (Fsp3) is 0.158. The Bertz CT molecular complexity index is 734. The Balaban J connectivity index is 1.92. The molecule has 1 atom stereocenters. The maximum absolute atomic E-state index is 13.0. The van der Waals surface area contributed by atoms with E-state index in [0.717, 1.165) is 16.7 Å². The van der Waals surface area contributed by atoms with Gasteiger partial charge in [-0.15, -0.1) is 0 Å². The number of benzene rings is 2. The van der Waals surface area contributed by atoms with Crippen LogP contribution >= 0.6 is 0 Å². The molecule has 0 amide bonds. The van der Waals surface area contributed by atoms with Crippen LogP contribution in [0, 0.1) is 6.92 Å². The van der Waals surface area contributed by atoms with E-state index in [0.29, 0.717) is 11.6 Å². The number of aryl methyl sites for hydroxylation is 1. The van der Waals surface area contributed by atoms with Crippen LogP contribution in [0.25, 0.3) is 0 Å². The number of hydrogen-bond acceptors (Lipinski definition) is 3. The molecular weight excluding hydrogens is 304 g/mol. The maximum atomic E-state index is 13.0. The van der Waals surface area contributed by atoms with Crippen LogP contribution in [0.2, 0.25) is 0 Å². The van der Waals surface area contributed by atoms with Crippen LogP contribution in [0.3, 0.4) is 0 Å². The van der Waals surface area contributed by atoms with E-state index in [1.54, 1.807) is 12.4 Å². The molecule has 3 aromatic rings. The Kier molecular flexibility index (Phi) is 4.93. The van der Waals surface area contributed by atoms with E-state index in [-0.39, 0.29) is 5.25 Å². The summed E-state index contributed by atoms with van der Waals surface area (Å²) in [6, 6.07) is 19.9. The van der Waals surface area contributed by atoms with E-state index in [4.69, 9.17) is 0 Å². The maximum Gasteiger partial charge on any atom is 0.140 e. The van der Waals surface area contributed by atoms with Crippen LogP contribution in [0.1, 0.15) is 27.8 Å². The Hall–Kier alpha value is -2.33. The van der Waals surface area contributed by atoms with Gasteiger partial charge in [0.15, 0.2) is 0 Å². The third-order valence-corrected chi connectivity index (χ3v) is 5.19. The lowest BCUT2D eigenvalue weighted by atomic mass is 10.0. The van der Waals surface area contributed by atoms with Gasteiger partial charge in [0.2, 0.25) is 0 Å². The van der Waals surface area contributed by atoms with Crippen molar-refractivity contribution in [1.82, 2.24) is 9.97 Å². The molecule has 0 radical (unpaired) electrons. The molecule has 0 bridgehead atoms. The van der Waals surface area contributed by atoms with Crippen LogP contribution < -0.4 is 0 Å². The average molecular weight is 322 g/mol. The molecule has 0 fully saturated rings. The van der Waals surface area contributed by atoms with E-state index in [2.05, 4.69) is 9.97 Å². The summed E-state index contributed by atoms with van der Waals surface area (Å²) in [6.07, 6.45) is 3.53. The highest BCUT2D eigenvalue weighted by molar-refractivity contribution is 7.84. The van der Waals surface area contributed by atoms with Crippen molar-refractivity contribution in [3.8, 4) is 0 Å². The minimum absolute atomic E-state index is 0.178. The molecule has 0 aliphatic heterocycles. The zero-order valence-electron chi connectivity index (χ0n) is 12.9. The predicted octanol–water partition coefficient (Wildman–Crippen LogP) is 3.82. The van der Waals surface area contributed by atoms with Crippen molar-refractivity contribution in [2.75, 3.05) is 0 Å². The highest BCUT2D eigenvalue weighted by Crippen LogP contribution is 2.29. The molecule has 0 aliphatic carbocycles. The fourth-order valence-corrected chi connectivity index (χ4v) is 3.95. The summed E-state index contributed by atoms with van der Waals surface area (Å²) in [7, 11) is -1.14. The Labute approximate surface area is 138 Å². The summed E-state index contributed by atoms with van der Waals surface area (Å²) < 4.78 is 13.0. The molecule has 1 aromatic heterocycles. The van der Waals surface area contributed by atoms with Gasteiger partial charge in [0.25, 0.3) is 0 Å². The lowest BCUT2D eigenvalue weighted by Crippen LogP contribution is -2.12. The van der Waals surface area contributed by atoms with Gasteiger partial charge in [-0.2, -0.15) is 0 Å². The van der Waals surface area contributed by atoms with Gasteiger partial charge in [-0.05, 0) is 23.6 Å². The second-order valence-electron chi connectivity index (χ2n) is 5.40. The second kappa shape index (κ2) is 7.29. The summed E-state index contributed by atoms with van der Waals surface area (Å²) in [6.45, 7) is 1.94. The zero-order chi connectivity index (χ0) is 16.1. The molecule has 0 saturated heterocycles. The number of nitrogens with zero attached hydrogens (tertiary/aromatic N) is 2. The highest BCUT2D eigenvalue weighted by Gasteiger charge is 2.21. The minimum Gasteiger partial charge on any atom is -0.258 e. The van der Waals surface area contributed by atoms with E-state index in [9.17, 15) is 4.21 Å². The summed E-state index contributed by atoms with van der Waals surface area (Å²) in [5.74, 6) is 0.958. The van der Waals surface area contributed by atoms with E-state index in [1.165, 1.54) is 0 Å². The minimum atomic E-state index is -1.14. The summed E-state index contributed by atoms with van der Waals surface area (Å²) >= 11 is 0. The van der Waals surface area contributed by atoms with E-state index >= 15 is 0 Å². The van der Waals surface area contributed by atoms with Crippen molar-refractivity contribution in [3.63, 3.8) is 0 Å². The molecule has 4 heteroatoms. The largest absolute Gasteiger partial charge is 0.258 e. The number of aromatic nitrogens is 2. The van der Waals surface area contributed by atoms with E-state index in [1.807, 2.05) is 67.6 Å². The van der Waals surface area contributed by atoms with E-state index < -0.39 is 10.8 Å². The monoisotopic (exact) mass is 322 g/mol. The molecule has 23 heavy (non-hydrogen) atoms. The first-order chi connectivity index (χ1) is 11.2. The van der Waals surface area contributed by atoms with Crippen molar-refractivity contribution in [1.29, 1.82) is 0 Å². The van der Waals surface area contributed by atoms with Gasteiger partial charge in [-0.1, -0.05) is 60.7 Å². The average Bonchev–Trinajstić information content (AvgIpc) is 2.59. The van der Waals surface area contributed by atoms with Gasteiger partial charge < -0.3 is 0 Å². The van der Waals surface area contributed by atoms with Crippen LogP contribution in [0.5, 0.6) is 0 Å². The molecule has 116 valence electrons. The fourth-order valence-electron chi connectivity index (χ4n) is 2.46. The lowest BCUT2D eigenvalue weighted by Gasteiger charge is -2.17. The predicted molar refractivity (Wildman–Crippen MR) is 93.3 cm³/mol. The SMILES string of the molecule is Cc1cnc(CS(=O)C(c2ccccc2)c2ccccc2)nc1. The van der Waals surface area contributed by atoms with Crippen LogP contribution in [0.15, 0.2) is 73.1 Å². The molecule has 0 N–H and O–H groups in total. The molecule has 2 aromatic carbocycles. The van der Waals surface area contributed by atoms with Crippen molar-refractivity contribution < 1.29 is 4.21 Å². The Morgan fingerprint density at radius 3 is 1.83 bits per heavy atom. The first-order valence-electron chi connectivity index (χ1n) is 7.48. The first kappa shape index (κ1) is 15.6. The normalized spacial score (nSPS) is 12.3. The summed E-state index contributed by atoms with van der Waals surface area (Å²) in [4.78, 5) is 8.57. The van der Waals surface area contributed by atoms with Gasteiger partial charge in [0.05, 0.1) is 11.0 Å². The topological polar surface area (TPSA) is 42.9 Å². The van der Waals surface area contributed by atoms with Crippen molar-refractivity contribution in [2.45, 2.75) is 17.9 Å². The van der Waals surface area contributed by atoms with Crippen molar-refractivity contribution in [2.24, 2.45) is 0 Å². The molecule has 1 unspecified atom stereocenters. The third-order valence-electron chi connectivity index (χ3n) is 3.57. The quantitative estimate of drug-likeness (QED) is 0.717. The van der Waals surface area contributed by atoms with Crippen molar-refractivity contribution in [3.05, 3.63) is 95.6 Å². The smallest absolute Gasteiger partial charge is 0.140 e. The third kappa shape index (κ3) is 3.90. The molecule has 3 nitrogen and oxygen atoms in total. The molecule has 0 spiro atoms. The van der Waals surface area contributed by atoms with Gasteiger partial charge >= 0.3 is 0 Å². The van der Waals surface area contributed by atoms with Gasteiger partial charge in [-0.3, -0.25) is 4.21 Å². The Morgan fingerprint density at radius 1 is 0.870 bits per heavy atom. The van der Waals surface area contributed by atoms with Crippen LogP contribution in [-0.4, -0.2) is 14.2 Å². The molecular formula is C19H18N2OS. The number of rotatable bonds is 5. The van der Waals surface area contributed by atoms with Crippen LogP contribution in [0.4, 0.5) is 0 Å². The standard InChI is InChI=1S/C19H18N2OS/c1-15-12-20-18(21-13-15)14-23(22)19(16-8-4-2-5-9-16)17-10-6-3-7-11-17/h2-13,19H,14H2,1H3. The number of hydrogen-bond donors (Lipinski definition) is 0. The zero-order valence-corrected chi connectivity index (χ0v) is 13.7.